The highest BCUT2D eigenvalue weighted by molar-refractivity contribution is 4.71. The third kappa shape index (κ3) is 4.03. The molecule has 70 valence electrons. The first kappa shape index (κ1) is 11.0. The van der Waals surface area contributed by atoms with Gasteiger partial charge in [0.05, 0.1) is 12.5 Å². The van der Waals surface area contributed by atoms with Gasteiger partial charge in [-0.1, -0.05) is 12.2 Å². The van der Waals surface area contributed by atoms with Crippen LogP contribution in [0, 0.1) is 0 Å². The summed E-state index contributed by atoms with van der Waals surface area (Å²) in [7, 11) is 1.52. The van der Waals surface area contributed by atoms with Crippen molar-refractivity contribution in [2.75, 3.05) is 7.11 Å². The van der Waals surface area contributed by atoms with Crippen molar-refractivity contribution < 1.29 is 14.2 Å². The summed E-state index contributed by atoms with van der Waals surface area (Å²) in [5, 5.41) is 0. The summed E-state index contributed by atoms with van der Waals surface area (Å²) in [4.78, 5) is 0. The molecule has 0 aliphatic rings. The van der Waals surface area contributed by atoms with Gasteiger partial charge in [0.25, 0.3) is 0 Å². The molecular formula is C9H16O3. The Morgan fingerprint density at radius 1 is 1.00 bits per heavy atom. The minimum Gasteiger partial charge on any atom is -0.438 e. The SMILES string of the molecule is C/C=C\OC(C)(OC)O/C=C\C. The van der Waals surface area contributed by atoms with Crippen LogP contribution in [0.5, 0.6) is 0 Å². The fourth-order valence-corrected chi connectivity index (χ4v) is 0.507. The van der Waals surface area contributed by atoms with Gasteiger partial charge in [-0.25, -0.2) is 0 Å². The molecule has 3 nitrogen and oxygen atoms in total. The molecule has 0 heterocycles. The molecule has 0 saturated carbocycles. The van der Waals surface area contributed by atoms with Gasteiger partial charge in [0.15, 0.2) is 0 Å². The predicted molar refractivity (Wildman–Crippen MR) is 47.2 cm³/mol. The van der Waals surface area contributed by atoms with Crippen molar-refractivity contribution in [3.63, 3.8) is 0 Å². The lowest BCUT2D eigenvalue weighted by atomic mass is 10.6. The van der Waals surface area contributed by atoms with Crippen LogP contribution >= 0.6 is 0 Å². The Morgan fingerprint density at radius 2 is 1.42 bits per heavy atom. The summed E-state index contributed by atoms with van der Waals surface area (Å²) in [5.41, 5.74) is 0. The van der Waals surface area contributed by atoms with Gasteiger partial charge in [-0.15, -0.1) is 0 Å². The number of methoxy groups -OCH3 is 1. The van der Waals surface area contributed by atoms with E-state index in [9.17, 15) is 0 Å². The molecule has 0 aliphatic carbocycles. The van der Waals surface area contributed by atoms with Crippen molar-refractivity contribution in [3.05, 3.63) is 24.7 Å². The highest BCUT2D eigenvalue weighted by atomic mass is 16.9. The zero-order valence-corrected chi connectivity index (χ0v) is 8.03. The van der Waals surface area contributed by atoms with E-state index in [1.165, 1.54) is 19.6 Å². The largest absolute Gasteiger partial charge is 0.438 e. The van der Waals surface area contributed by atoms with E-state index in [4.69, 9.17) is 14.2 Å². The molecule has 0 N–H and O–H groups in total. The minimum atomic E-state index is -1.03. The Balaban J connectivity index is 4.03. The van der Waals surface area contributed by atoms with Gasteiger partial charge in [0, 0.05) is 14.0 Å². The third-order valence-electron chi connectivity index (χ3n) is 1.21. The molecule has 0 aromatic heterocycles. The van der Waals surface area contributed by atoms with Crippen LogP contribution in [-0.4, -0.2) is 13.1 Å². The number of ether oxygens (including phenoxy) is 3. The second-order valence-electron chi connectivity index (χ2n) is 2.24. The monoisotopic (exact) mass is 172 g/mol. The van der Waals surface area contributed by atoms with Crippen molar-refractivity contribution in [1.29, 1.82) is 0 Å². The average molecular weight is 172 g/mol. The molecule has 0 unspecified atom stereocenters. The minimum absolute atomic E-state index is 1.03. The molecule has 0 spiro atoms. The first-order chi connectivity index (χ1) is 5.68. The van der Waals surface area contributed by atoms with Crippen LogP contribution in [-0.2, 0) is 14.2 Å². The molecule has 0 fully saturated rings. The van der Waals surface area contributed by atoms with Gasteiger partial charge < -0.3 is 14.2 Å². The number of hydrogen-bond acceptors (Lipinski definition) is 3. The molecule has 0 amide bonds. The highest BCUT2D eigenvalue weighted by Crippen LogP contribution is 2.13. The summed E-state index contributed by atoms with van der Waals surface area (Å²) < 4.78 is 15.3. The molecule has 0 aromatic carbocycles. The maximum absolute atomic E-state index is 5.15. The molecule has 0 aromatic rings. The quantitative estimate of drug-likeness (QED) is 0.471. The van der Waals surface area contributed by atoms with E-state index in [0.29, 0.717) is 0 Å². The Bertz CT molecular complexity index is 147. The van der Waals surface area contributed by atoms with E-state index in [1.807, 2.05) is 13.8 Å². The lowest BCUT2D eigenvalue weighted by Crippen LogP contribution is -2.30. The first-order valence-electron chi connectivity index (χ1n) is 3.81. The molecule has 0 saturated heterocycles. The van der Waals surface area contributed by atoms with Crippen LogP contribution in [0.15, 0.2) is 24.7 Å². The lowest BCUT2D eigenvalue weighted by molar-refractivity contribution is -0.317. The van der Waals surface area contributed by atoms with Crippen LogP contribution in [0.3, 0.4) is 0 Å². The molecule has 0 aliphatic heterocycles. The molecule has 3 heteroatoms. The van der Waals surface area contributed by atoms with Gasteiger partial charge in [0.1, 0.15) is 0 Å². The van der Waals surface area contributed by atoms with Gasteiger partial charge in [-0.05, 0) is 13.8 Å². The lowest BCUT2D eigenvalue weighted by Gasteiger charge is -2.25. The van der Waals surface area contributed by atoms with Crippen LogP contribution in [0.25, 0.3) is 0 Å². The van der Waals surface area contributed by atoms with E-state index >= 15 is 0 Å². The zero-order chi connectivity index (χ0) is 9.45. The van der Waals surface area contributed by atoms with E-state index in [2.05, 4.69) is 0 Å². The molecule has 0 atom stereocenters. The Kier molecular flexibility index (Phi) is 5.21. The fraction of sp³-hybridized carbons (Fsp3) is 0.556. The van der Waals surface area contributed by atoms with Crippen molar-refractivity contribution in [1.82, 2.24) is 0 Å². The average Bonchev–Trinajstić information content (AvgIpc) is 2.11. The second kappa shape index (κ2) is 5.66. The standard InChI is InChI=1S/C9H16O3/c1-5-7-11-9(3,10-4)12-8-6-2/h5-8H,1-4H3/b7-5-,8-6-. The van der Waals surface area contributed by atoms with Crippen LogP contribution < -0.4 is 0 Å². The Labute approximate surface area is 73.6 Å². The molecule has 0 bridgehead atoms. The molecular weight excluding hydrogens is 156 g/mol. The highest BCUT2D eigenvalue weighted by Gasteiger charge is 2.24. The van der Waals surface area contributed by atoms with Crippen molar-refractivity contribution in [3.8, 4) is 0 Å². The third-order valence-corrected chi connectivity index (χ3v) is 1.21. The van der Waals surface area contributed by atoms with E-state index < -0.39 is 5.97 Å². The maximum atomic E-state index is 5.15. The first-order valence-corrected chi connectivity index (χ1v) is 3.81. The van der Waals surface area contributed by atoms with Crippen molar-refractivity contribution in [2.45, 2.75) is 26.7 Å². The normalized spacial score (nSPS) is 12.7. The molecule has 0 radical (unpaired) electrons. The van der Waals surface area contributed by atoms with Gasteiger partial charge in [-0.3, -0.25) is 0 Å². The van der Waals surface area contributed by atoms with E-state index in [1.54, 1.807) is 19.1 Å². The summed E-state index contributed by atoms with van der Waals surface area (Å²) in [6.07, 6.45) is 6.56. The van der Waals surface area contributed by atoms with Crippen LogP contribution in [0.2, 0.25) is 0 Å². The summed E-state index contributed by atoms with van der Waals surface area (Å²) in [6, 6.07) is 0. The Morgan fingerprint density at radius 3 is 1.67 bits per heavy atom. The number of allylic oxidation sites excluding steroid dienone is 2. The van der Waals surface area contributed by atoms with Crippen LogP contribution in [0.4, 0.5) is 0 Å². The topological polar surface area (TPSA) is 27.7 Å². The predicted octanol–water partition coefficient (Wildman–Crippen LogP) is 2.41. The summed E-state index contributed by atoms with van der Waals surface area (Å²) in [5.74, 6) is -1.03. The Hall–Kier alpha value is -0.960. The summed E-state index contributed by atoms with van der Waals surface area (Å²) in [6.45, 7) is 5.39. The molecule has 0 rings (SSSR count). The number of rotatable bonds is 5. The van der Waals surface area contributed by atoms with Crippen LogP contribution in [0.1, 0.15) is 20.8 Å². The molecule has 12 heavy (non-hydrogen) atoms. The van der Waals surface area contributed by atoms with Crippen molar-refractivity contribution in [2.24, 2.45) is 0 Å². The van der Waals surface area contributed by atoms with Gasteiger partial charge >= 0.3 is 5.97 Å². The van der Waals surface area contributed by atoms with Crippen molar-refractivity contribution >= 4 is 0 Å². The summed E-state index contributed by atoms with van der Waals surface area (Å²) >= 11 is 0. The van der Waals surface area contributed by atoms with Gasteiger partial charge in [-0.2, -0.15) is 0 Å². The second-order valence-corrected chi connectivity index (χ2v) is 2.24. The fourth-order valence-electron chi connectivity index (χ4n) is 0.507. The van der Waals surface area contributed by atoms with E-state index in [0.717, 1.165) is 0 Å². The van der Waals surface area contributed by atoms with E-state index in [-0.39, 0.29) is 0 Å². The zero-order valence-electron chi connectivity index (χ0n) is 8.03. The smallest absolute Gasteiger partial charge is 0.367 e. The maximum Gasteiger partial charge on any atom is 0.367 e. The number of hydrogen-bond donors (Lipinski definition) is 0. The van der Waals surface area contributed by atoms with Gasteiger partial charge in [0.2, 0.25) is 0 Å².